The van der Waals surface area contributed by atoms with Gasteiger partial charge in [0.2, 0.25) is 0 Å². The summed E-state index contributed by atoms with van der Waals surface area (Å²) in [6.07, 6.45) is 8.07. The molecule has 0 saturated heterocycles. The van der Waals surface area contributed by atoms with E-state index in [1.165, 1.54) is 12.8 Å². The fourth-order valence-corrected chi connectivity index (χ4v) is 2.90. The fourth-order valence-electron chi connectivity index (χ4n) is 2.90. The first-order valence-electron chi connectivity index (χ1n) is 6.26. The van der Waals surface area contributed by atoms with E-state index in [-0.39, 0.29) is 5.54 Å². The van der Waals surface area contributed by atoms with Gasteiger partial charge in [0.25, 0.3) is 0 Å². The number of aromatic amines is 1. The third kappa shape index (κ3) is 1.82. The Labute approximate surface area is 101 Å². The van der Waals surface area contributed by atoms with E-state index in [9.17, 15) is 0 Å². The van der Waals surface area contributed by atoms with E-state index in [1.807, 2.05) is 6.07 Å². The number of nitrogens with two attached hydrogens (primary N) is 1. The van der Waals surface area contributed by atoms with Crippen LogP contribution < -0.4 is 5.73 Å². The predicted molar refractivity (Wildman–Crippen MR) is 67.4 cm³/mol. The molecule has 1 aliphatic rings. The van der Waals surface area contributed by atoms with E-state index in [4.69, 9.17) is 5.73 Å². The van der Waals surface area contributed by atoms with Crippen molar-refractivity contribution < 1.29 is 0 Å². The number of nitrogens with zero attached hydrogens (tertiary/aromatic N) is 2. The van der Waals surface area contributed by atoms with Crippen LogP contribution in [0.4, 0.5) is 0 Å². The van der Waals surface area contributed by atoms with Gasteiger partial charge in [-0.3, -0.25) is 4.98 Å². The molecule has 90 valence electrons. The van der Waals surface area contributed by atoms with Crippen LogP contribution in [0.25, 0.3) is 11.0 Å². The molecule has 3 N–H and O–H groups in total. The zero-order chi connectivity index (χ0) is 11.9. The SMILES string of the molecule is CC1CCCC(N)(c2nc3ccncc3[nH]2)C1. The van der Waals surface area contributed by atoms with Gasteiger partial charge < -0.3 is 10.7 Å². The molecule has 2 aromatic rings. The summed E-state index contributed by atoms with van der Waals surface area (Å²) in [5.41, 5.74) is 8.17. The van der Waals surface area contributed by atoms with E-state index in [1.54, 1.807) is 12.4 Å². The Kier molecular flexibility index (Phi) is 2.40. The second-order valence-electron chi connectivity index (χ2n) is 5.34. The maximum atomic E-state index is 6.52. The van der Waals surface area contributed by atoms with Gasteiger partial charge >= 0.3 is 0 Å². The number of aromatic nitrogens is 3. The van der Waals surface area contributed by atoms with Crippen molar-refractivity contribution in [1.29, 1.82) is 0 Å². The Morgan fingerprint density at radius 1 is 1.53 bits per heavy atom. The number of imidazole rings is 1. The molecule has 1 fully saturated rings. The van der Waals surface area contributed by atoms with Crippen LogP contribution in [-0.2, 0) is 5.54 Å². The van der Waals surface area contributed by atoms with E-state index in [0.717, 1.165) is 29.7 Å². The number of pyridine rings is 1. The minimum absolute atomic E-state index is 0.281. The second kappa shape index (κ2) is 3.81. The van der Waals surface area contributed by atoms with Crippen molar-refractivity contribution in [2.75, 3.05) is 0 Å². The molecule has 2 heterocycles. The standard InChI is InChI=1S/C13H18N4/c1-9-3-2-5-13(14,7-9)12-16-10-4-6-15-8-11(10)17-12/h4,6,8-9H,2-3,5,7,14H2,1H3,(H,16,17). The Bertz CT molecular complexity index is 500. The molecular formula is C13H18N4. The normalized spacial score (nSPS) is 29.6. The van der Waals surface area contributed by atoms with Crippen molar-refractivity contribution in [1.82, 2.24) is 15.0 Å². The molecule has 2 aromatic heterocycles. The first-order valence-corrected chi connectivity index (χ1v) is 6.26. The predicted octanol–water partition coefficient (Wildman–Crippen LogP) is 2.32. The summed E-state index contributed by atoms with van der Waals surface area (Å²) in [5.74, 6) is 1.60. The third-order valence-corrected chi connectivity index (χ3v) is 3.79. The van der Waals surface area contributed by atoms with Crippen LogP contribution in [-0.4, -0.2) is 15.0 Å². The Morgan fingerprint density at radius 3 is 3.18 bits per heavy atom. The number of hydrogen-bond donors (Lipinski definition) is 2. The summed E-state index contributed by atoms with van der Waals surface area (Å²) in [6, 6.07) is 1.92. The van der Waals surface area contributed by atoms with Crippen molar-refractivity contribution in [2.24, 2.45) is 11.7 Å². The van der Waals surface area contributed by atoms with Crippen LogP contribution >= 0.6 is 0 Å². The van der Waals surface area contributed by atoms with Gasteiger partial charge in [-0.05, 0) is 24.8 Å². The Morgan fingerprint density at radius 2 is 2.41 bits per heavy atom. The summed E-state index contributed by atoms with van der Waals surface area (Å²) in [7, 11) is 0. The van der Waals surface area contributed by atoms with Gasteiger partial charge in [-0.25, -0.2) is 4.98 Å². The molecule has 0 radical (unpaired) electrons. The van der Waals surface area contributed by atoms with Crippen molar-refractivity contribution in [2.45, 2.75) is 38.1 Å². The van der Waals surface area contributed by atoms with E-state index in [0.29, 0.717) is 5.92 Å². The molecule has 0 aliphatic heterocycles. The third-order valence-electron chi connectivity index (χ3n) is 3.79. The number of hydrogen-bond acceptors (Lipinski definition) is 3. The number of rotatable bonds is 1. The molecule has 0 bridgehead atoms. The van der Waals surface area contributed by atoms with Gasteiger partial charge in [0.1, 0.15) is 5.82 Å². The van der Waals surface area contributed by atoms with Gasteiger partial charge in [-0.2, -0.15) is 0 Å². The van der Waals surface area contributed by atoms with Crippen LogP contribution in [0.2, 0.25) is 0 Å². The van der Waals surface area contributed by atoms with Crippen molar-refractivity contribution >= 4 is 11.0 Å². The van der Waals surface area contributed by atoms with Crippen LogP contribution in [0.15, 0.2) is 18.5 Å². The number of nitrogens with one attached hydrogen (secondary N) is 1. The van der Waals surface area contributed by atoms with Crippen LogP contribution in [0, 0.1) is 5.92 Å². The summed E-state index contributed by atoms with van der Waals surface area (Å²) in [6.45, 7) is 2.27. The van der Waals surface area contributed by atoms with Gasteiger partial charge in [-0.1, -0.05) is 19.8 Å². The van der Waals surface area contributed by atoms with Gasteiger partial charge in [0.15, 0.2) is 0 Å². The second-order valence-corrected chi connectivity index (χ2v) is 5.34. The van der Waals surface area contributed by atoms with Gasteiger partial charge in [0, 0.05) is 6.20 Å². The van der Waals surface area contributed by atoms with Gasteiger partial charge in [-0.15, -0.1) is 0 Å². The zero-order valence-electron chi connectivity index (χ0n) is 10.1. The first kappa shape index (κ1) is 10.7. The lowest BCUT2D eigenvalue weighted by Crippen LogP contribution is -2.42. The van der Waals surface area contributed by atoms with Crippen molar-refractivity contribution in [3.63, 3.8) is 0 Å². The molecule has 2 atom stereocenters. The van der Waals surface area contributed by atoms with Crippen molar-refractivity contribution in [3.8, 4) is 0 Å². The summed E-state index contributed by atoms with van der Waals surface area (Å²) < 4.78 is 0. The summed E-state index contributed by atoms with van der Waals surface area (Å²) in [4.78, 5) is 12.0. The van der Waals surface area contributed by atoms with E-state index >= 15 is 0 Å². The molecule has 0 amide bonds. The molecule has 2 unspecified atom stereocenters. The fraction of sp³-hybridized carbons (Fsp3) is 0.538. The molecule has 0 aromatic carbocycles. The molecule has 17 heavy (non-hydrogen) atoms. The first-order chi connectivity index (χ1) is 8.17. The Hall–Kier alpha value is -1.42. The van der Waals surface area contributed by atoms with E-state index < -0.39 is 0 Å². The quantitative estimate of drug-likeness (QED) is 0.790. The topological polar surface area (TPSA) is 67.6 Å². The van der Waals surface area contributed by atoms with Crippen molar-refractivity contribution in [3.05, 3.63) is 24.3 Å². The largest absolute Gasteiger partial charge is 0.339 e. The number of fused-ring (bicyclic) bond motifs is 1. The minimum atomic E-state index is -0.281. The zero-order valence-corrected chi connectivity index (χ0v) is 10.1. The average molecular weight is 230 g/mol. The lowest BCUT2D eigenvalue weighted by atomic mass is 9.76. The lowest BCUT2D eigenvalue weighted by Gasteiger charge is -2.35. The Balaban J connectivity index is 2.02. The molecule has 1 aliphatic carbocycles. The maximum Gasteiger partial charge on any atom is 0.127 e. The van der Waals surface area contributed by atoms with Crippen LogP contribution in [0.1, 0.15) is 38.4 Å². The lowest BCUT2D eigenvalue weighted by molar-refractivity contribution is 0.230. The van der Waals surface area contributed by atoms with Crippen LogP contribution in [0.3, 0.4) is 0 Å². The average Bonchev–Trinajstić information content (AvgIpc) is 2.73. The maximum absolute atomic E-state index is 6.52. The van der Waals surface area contributed by atoms with E-state index in [2.05, 4.69) is 21.9 Å². The smallest absolute Gasteiger partial charge is 0.127 e. The molecule has 0 spiro atoms. The summed E-state index contributed by atoms with van der Waals surface area (Å²) in [5, 5.41) is 0. The number of H-pyrrole nitrogens is 1. The monoisotopic (exact) mass is 230 g/mol. The molecule has 1 saturated carbocycles. The highest BCUT2D eigenvalue weighted by molar-refractivity contribution is 5.73. The van der Waals surface area contributed by atoms with Crippen LogP contribution in [0.5, 0.6) is 0 Å². The molecule has 4 heteroatoms. The molecule has 3 rings (SSSR count). The molecule has 4 nitrogen and oxygen atoms in total. The summed E-state index contributed by atoms with van der Waals surface area (Å²) >= 11 is 0. The highest BCUT2D eigenvalue weighted by Crippen LogP contribution is 2.36. The van der Waals surface area contributed by atoms with Gasteiger partial charge in [0.05, 0.1) is 22.8 Å². The highest BCUT2D eigenvalue weighted by atomic mass is 15.0. The highest BCUT2D eigenvalue weighted by Gasteiger charge is 2.35. The minimum Gasteiger partial charge on any atom is -0.339 e. The molecular weight excluding hydrogens is 212 g/mol.